The maximum Gasteiger partial charge on any atom is 0.184 e. The number of Topliss-reactive ketones (excluding diaryl/α,β-unsaturated/α-hetero) is 1. The molecule has 0 fully saturated rings. The lowest BCUT2D eigenvalue weighted by Crippen LogP contribution is -2.07. The number of benzene rings is 1. The van der Waals surface area contributed by atoms with Crippen molar-refractivity contribution in [1.29, 1.82) is 0 Å². The van der Waals surface area contributed by atoms with Gasteiger partial charge in [-0.1, -0.05) is 23.3 Å². The van der Waals surface area contributed by atoms with Crippen LogP contribution in [0.2, 0.25) is 0 Å². The minimum Gasteiger partial charge on any atom is -0.352 e. The van der Waals surface area contributed by atoms with Gasteiger partial charge in [0.1, 0.15) is 12.0 Å². The lowest BCUT2D eigenvalue weighted by Gasteiger charge is -2.10. The minimum absolute atomic E-state index is 0.000557. The predicted molar refractivity (Wildman–Crippen MR) is 117 cm³/mol. The van der Waals surface area contributed by atoms with Gasteiger partial charge in [0.25, 0.3) is 0 Å². The summed E-state index contributed by atoms with van der Waals surface area (Å²) in [4.78, 5) is 20.8. The summed E-state index contributed by atoms with van der Waals surface area (Å²) >= 11 is 0. The molecule has 1 N–H and O–H groups in total. The largest absolute Gasteiger partial charge is 0.352 e. The van der Waals surface area contributed by atoms with Crippen molar-refractivity contribution in [3.8, 4) is 22.8 Å². The quantitative estimate of drug-likeness (QED) is 0.465. The van der Waals surface area contributed by atoms with Gasteiger partial charge in [-0.05, 0) is 69.7 Å². The van der Waals surface area contributed by atoms with Crippen molar-refractivity contribution in [1.82, 2.24) is 24.7 Å². The van der Waals surface area contributed by atoms with Crippen LogP contribution < -0.4 is 0 Å². The van der Waals surface area contributed by atoms with Crippen LogP contribution >= 0.6 is 0 Å². The molecule has 4 aromatic rings. The van der Waals surface area contributed by atoms with E-state index >= 15 is 0 Å². The van der Waals surface area contributed by atoms with Crippen molar-refractivity contribution >= 4 is 5.78 Å². The first-order valence-corrected chi connectivity index (χ1v) is 10.1. The number of hydrogen-bond acceptors (Lipinski definition) is 4. The van der Waals surface area contributed by atoms with Gasteiger partial charge in [0, 0.05) is 17.4 Å². The Kier molecular flexibility index (Phi) is 5.31. The van der Waals surface area contributed by atoms with Crippen molar-refractivity contribution in [2.45, 2.75) is 40.2 Å². The van der Waals surface area contributed by atoms with E-state index in [2.05, 4.69) is 66.1 Å². The highest BCUT2D eigenvalue weighted by atomic mass is 16.1. The van der Waals surface area contributed by atoms with Crippen LogP contribution in [0, 0.1) is 13.8 Å². The van der Waals surface area contributed by atoms with E-state index in [0.29, 0.717) is 22.9 Å². The molecule has 0 bridgehead atoms. The zero-order valence-corrected chi connectivity index (χ0v) is 17.7. The van der Waals surface area contributed by atoms with E-state index < -0.39 is 0 Å². The van der Waals surface area contributed by atoms with Gasteiger partial charge in [-0.15, -0.1) is 10.2 Å². The fraction of sp³-hybridized carbons (Fsp3) is 0.250. The molecule has 3 heterocycles. The molecule has 0 saturated heterocycles. The van der Waals surface area contributed by atoms with Crippen LogP contribution in [0.25, 0.3) is 22.8 Å². The topological polar surface area (TPSA) is 76.5 Å². The van der Waals surface area contributed by atoms with E-state index in [4.69, 9.17) is 0 Å². The zero-order chi connectivity index (χ0) is 21.3. The fourth-order valence-corrected chi connectivity index (χ4v) is 3.62. The molecule has 1 aromatic carbocycles. The summed E-state index contributed by atoms with van der Waals surface area (Å²) in [6.45, 7) is 8.28. The molecule has 6 nitrogen and oxygen atoms in total. The van der Waals surface area contributed by atoms with Gasteiger partial charge in [0.15, 0.2) is 11.6 Å². The van der Waals surface area contributed by atoms with E-state index in [9.17, 15) is 4.79 Å². The number of hydrogen-bond donors (Lipinski definition) is 1. The van der Waals surface area contributed by atoms with Gasteiger partial charge in [0.2, 0.25) is 0 Å². The van der Waals surface area contributed by atoms with Crippen molar-refractivity contribution in [3.63, 3.8) is 0 Å². The van der Waals surface area contributed by atoms with Crippen LogP contribution in [0.1, 0.15) is 47.2 Å². The third-order valence-electron chi connectivity index (χ3n) is 5.03. The molecule has 0 spiro atoms. The SMILES string of the molecule is Cc1cc(C)cc(-c2ccc(C(=O)Cc3cccc(-c4nncn4C(C)C)n3)[nH]2)c1. The van der Waals surface area contributed by atoms with Gasteiger partial charge in [0.05, 0.1) is 12.1 Å². The van der Waals surface area contributed by atoms with Gasteiger partial charge in [-0.2, -0.15) is 0 Å². The molecule has 3 aromatic heterocycles. The molecule has 30 heavy (non-hydrogen) atoms. The van der Waals surface area contributed by atoms with Crippen molar-refractivity contribution in [3.05, 3.63) is 77.4 Å². The summed E-state index contributed by atoms with van der Waals surface area (Å²) in [6, 6.07) is 16.0. The van der Waals surface area contributed by atoms with E-state index in [0.717, 1.165) is 11.3 Å². The molecular formula is C24H25N5O. The van der Waals surface area contributed by atoms with Gasteiger partial charge in [-0.3, -0.25) is 4.79 Å². The van der Waals surface area contributed by atoms with E-state index in [-0.39, 0.29) is 18.2 Å². The smallest absolute Gasteiger partial charge is 0.184 e. The van der Waals surface area contributed by atoms with Crippen LogP contribution in [0.15, 0.2) is 54.9 Å². The highest BCUT2D eigenvalue weighted by Crippen LogP contribution is 2.23. The van der Waals surface area contributed by atoms with Crippen molar-refractivity contribution in [2.24, 2.45) is 0 Å². The second-order valence-electron chi connectivity index (χ2n) is 7.93. The number of carbonyl (C=O) groups is 1. The summed E-state index contributed by atoms with van der Waals surface area (Å²) < 4.78 is 1.97. The number of carbonyl (C=O) groups excluding carboxylic acids is 1. The first-order chi connectivity index (χ1) is 14.4. The Labute approximate surface area is 176 Å². The Bertz CT molecular complexity index is 1180. The fourth-order valence-electron chi connectivity index (χ4n) is 3.62. The Morgan fingerprint density at radius 1 is 1.07 bits per heavy atom. The maximum atomic E-state index is 12.9. The second-order valence-corrected chi connectivity index (χ2v) is 7.93. The molecular weight excluding hydrogens is 374 g/mol. The van der Waals surface area contributed by atoms with Gasteiger partial charge < -0.3 is 9.55 Å². The Hall–Kier alpha value is -3.54. The summed E-state index contributed by atoms with van der Waals surface area (Å²) in [6.07, 6.45) is 1.92. The first-order valence-electron chi connectivity index (χ1n) is 10.1. The molecule has 0 aliphatic heterocycles. The summed E-state index contributed by atoms with van der Waals surface area (Å²) in [7, 11) is 0. The van der Waals surface area contributed by atoms with Gasteiger partial charge in [-0.25, -0.2) is 4.98 Å². The highest BCUT2D eigenvalue weighted by molar-refractivity contribution is 5.96. The number of nitrogens with zero attached hydrogens (tertiary/aromatic N) is 4. The molecule has 0 saturated carbocycles. The Morgan fingerprint density at radius 3 is 2.57 bits per heavy atom. The normalized spacial score (nSPS) is 11.2. The van der Waals surface area contributed by atoms with Crippen LogP contribution in [0.3, 0.4) is 0 Å². The molecule has 6 heteroatoms. The molecule has 0 amide bonds. The van der Waals surface area contributed by atoms with Crippen LogP contribution in [-0.4, -0.2) is 30.5 Å². The Balaban J connectivity index is 1.55. The third kappa shape index (κ3) is 4.08. The Morgan fingerprint density at radius 2 is 1.83 bits per heavy atom. The zero-order valence-electron chi connectivity index (χ0n) is 17.7. The molecule has 0 aliphatic carbocycles. The minimum atomic E-state index is 0.000557. The molecule has 0 radical (unpaired) electrons. The molecule has 4 rings (SSSR count). The number of ketones is 1. The van der Waals surface area contributed by atoms with E-state index in [1.165, 1.54) is 11.1 Å². The summed E-state index contributed by atoms with van der Waals surface area (Å²) in [5.41, 5.74) is 6.43. The van der Waals surface area contributed by atoms with Crippen LogP contribution in [0.4, 0.5) is 0 Å². The molecule has 0 unspecified atom stereocenters. The number of pyridine rings is 1. The highest BCUT2D eigenvalue weighted by Gasteiger charge is 2.15. The first kappa shape index (κ1) is 19.8. The van der Waals surface area contributed by atoms with Crippen molar-refractivity contribution in [2.75, 3.05) is 0 Å². The number of H-pyrrole nitrogens is 1. The van der Waals surface area contributed by atoms with Crippen molar-refractivity contribution < 1.29 is 4.79 Å². The second kappa shape index (κ2) is 8.06. The molecule has 152 valence electrons. The lowest BCUT2D eigenvalue weighted by molar-refractivity contribution is 0.0988. The number of aryl methyl sites for hydroxylation is 2. The number of nitrogens with one attached hydrogen (secondary N) is 1. The number of aromatic nitrogens is 5. The average molecular weight is 399 g/mol. The maximum absolute atomic E-state index is 12.9. The van der Waals surface area contributed by atoms with Crippen LogP contribution in [-0.2, 0) is 6.42 Å². The lowest BCUT2D eigenvalue weighted by atomic mass is 10.1. The van der Waals surface area contributed by atoms with Crippen LogP contribution in [0.5, 0.6) is 0 Å². The molecule has 0 atom stereocenters. The summed E-state index contributed by atoms with van der Waals surface area (Å²) in [5.74, 6) is 0.705. The average Bonchev–Trinajstić information content (AvgIpc) is 3.37. The van der Waals surface area contributed by atoms with E-state index in [1.54, 1.807) is 6.33 Å². The molecule has 0 aliphatic rings. The van der Waals surface area contributed by atoms with E-state index in [1.807, 2.05) is 34.9 Å². The standard InChI is InChI=1S/C24H25N5O/c1-15(2)29-14-25-28-24(29)22-7-5-6-19(26-22)13-23(30)21-9-8-20(27-21)18-11-16(3)10-17(4)12-18/h5-12,14-15,27H,13H2,1-4H3. The third-order valence-corrected chi connectivity index (χ3v) is 5.03. The number of aromatic amines is 1. The summed E-state index contributed by atoms with van der Waals surface area (Å²) in [5, 5.41) is 8.20. The monoisotopic (exact) mass is 399 g/mol. The number of rotatable bonds is 6. The predicted octanol–water partition coefficient (Wildman–Crippen LogP) is 4.96. The van der Waals surface area contributed by atoms with Gasteiger partial charge >= 0.3 is 0 Å².